The zero-order valence-electron chi connectivity index (χ0n) is 18.9. The molecule has 5 rings (SSSR count). The molecule has 1 amide bonds. The van der Waals surface area contributed by atoms with Crippen LogP contribution >= 0.6 is 11.3 Å². The number of nitrogens with one attached hydrogen (secondary N) is 1. The first-order valence-electron chi connectivity index (χ1n) is 10.8. The number of fused-ring (bicyclic) bond motifs is 2. The predicted molar refractivity (Wildman–Crippen MR) is 126 cm³/mol. The monoisotopic (exact) mass is 466 g/mol. The largest absolute Gasteiger partial charge is 0.490 e. The SMILES string of the molecule is CC(C)(O)c1ccc(-c2ccc3c(c2)N(c2nc4c(s2)C(=O)NC(C)(C)C4O)CCO3)cn1. The second kappa shape index (κ2) is 7.51. The maximum Gasteiger partial charge on any atom is 0.263 e. The predicted octanol–water partition coefficient (Wildman–Crippen LogP) is 3.52. The van der Waals surface area contributed by atoms with Gasteiger partial charge in [0, 0.05) is 11.8 Å². The smallest absolute Gasteiger partial charge is 0.263 e. The van der Waals surface area contributed by atoms with Crippen molar-refractivity contribution in [2.75, 3.05) is 18.1 Å². The van der Waals surface area contributed by atoms with E-state index in [1.807, 2.05) is 35.2 Å². The third kappa shape index (κ3) is 3.76. The van der Waals surface area contributed by atoms with Crippen molar-refractivity contribution in [2.24, 2.45) is 0 Å². The van der Waals surface area contributed by atoms with Crippen LogP contribution in [0.1, 0.15) is 54.9 Å². The summed E-state index contributed by atoms with van der Waals surface area (Å²) in [5.41, 5.74) is 1.92. The van der Waals surface area contributed by atoms with Gasteiger partial charge in [0.2, 0.25) is 0 Å². The first-order valence-corrected chi connectivity index (χ1v) is 11.6. The van der Waals surface area contributed by atoms with Gasteiger partial charge >= 0.3 is 0 Å². The van der Waals surface area contributed by atoms with Gasteiger partial charge in [-0.2, -0.15) is 0 Å². The molecule has 4 heterocycles. The zero-order chi connectivity index (χ0) is 23.5. The van der Waals surface area contributed by atoms with Gasteiger partial charge in [0.1, 0.15) is 28.9 Å². The van der Waals surface area contributed by atoms with Gasteiger partial charge in [-0.3, -0.25) is 9.78 Å². The van der Waals surface area contributed by atoms with Gasteiger partial charge in [0.25, 0.3) is 5.91 Å². The van der Waals surface area contributed by atoms with E-state index >= 15 is 0 Å². The molecule has 0 fully saturated rings. The van der Waals surface area contributed by atoms with Crippen LogP contribution in [0.5, 0.6) is 5.75 Å². The fraction of sp³-hybridized carbons (Fsp3) is 0.375. The van der Waals surface area contributed by atoms with Crippen molar-refractivity contribution in [3.63, 3.8) is 0 Å². The molecule has 33 heavy (non-hydrogen) atoms. The Labute approximate surface area is 195 Å². The number of carbonyl (C=O) groups is 1. The van der Waals surface area contributed by atoms with Crippen molar-refractivity contribution in [2.45, 2.75) is 44.9 Å². The van der Waals surface area contributed by atoms with E-state index in [0.29, 0.717) is 34.5 Å². The number of benzene rings is 1. The lowest BCUT2D eigenvalue weighted by Crippen LogP contribution is -2.51. The number of nitrogens with zero attached hydrogens (tertiary/aromatic N) is 3. The molecule has 2 aliphatic heterocycles. The van der Waals surface area contributed by atoms with E-state index in [9.17, 15) is 15.0 Å². The number of aromatic nitrogens is 2. The molecular weight excluding hydrogens is 440 g/mol. The molecule has 2 aromatic heterocycles. The summed E-state index contributed by atoms with van der Waals surface area (Å²) in [6.07, 6.45) is 0.857. The van der Waals surface area contributed by atoms with Gasteiger partial charge < -0.3 is 25.2 Å². The van der Waals surface area contributed by atoms with Gasteiger partial charge in [-0.1, -0.05) is 23.5 Å². The van der Waals surface area contributed by atoms with Gasteiger partial charge in [-0.25, -0.2) is 4.98 Å². The number of amides is 1. The normalized spacial score (nSPS) is 19.4. The molecule has 172 valence electrons. The molecule has 0 spiro atoms. The van der Waals surface area contributed by atoms with Gasteiger partial charge in [-0.15, -0.1) is 0 Å². The standard InChI is InChI=1S/C24H26N4O4S/c1-23(2)20(29)18-19(21(30)27-23)33-22(26-18)28-9-10-32-16-7-5-13(11-15(16)28)14-6-8-17(25-12-14)24(3,4)31/h5-8,11-12,20,29,31H,9-10H2,1-4H3,(H,27,30). The van der Waals surface area contributed by atoms with Crippen LogP contribution in [0, 0.1) is 0 Å². The van der Waals surface area contributed by atoms with Crippen LogP contribution in [-0.2, 0) is 5.60 Å². The number of thiazole rings is 1. The summed E-state index contributed by atoms with van der Waals surface area (Å²) >= 11 is 1.27. The van der Waals surface area contributed by atoms with Crippen LogP contribution in [0.2, 0.25) is 0 Å². The lowest BCUT2D eigenvalue weighted by atomic mass is 9.91. The van der Waals surface area contributed by atoms with Gasteiger partial charge in [-0.05, 0) is 51.5 Å². The molecule has 8 nitrogen and oxygen atoms in total. The molecule has 1 unspecified atom stereocenters. The summed E-state index contributed by atoms with van der Waals surface area (Å²) in [6.45, 7) is 8.03. The summed E-state index contributed by atoms with van der Waals surface area (Å²) in [6, 6.07) is 9.64. The highest BCUT2D eigenvalue weighted by molar-refractivity contribution is 7.17. The number of hydrogen-bond donors (Lipinski definition) is 3. The summed E-state index contributed by atoms with van der Waals surface area (Å²) in [4.78, 5) is 24.2. The lowest BCUT2D eigenvalue weighted by Gasteiger charge is -2.34. The van der Waals surface area contributed by atoms with E-state index in [4.69, 9.17) is 4.74 Å². The highest BCUT2D eigenvalue weighted by Crippen LogP contribution is 2.44. The maximum absolute atomic E-state index is 12.6. The summed E-state index contributed by atoms with van der Waals surface area (Å²) in [7, 11) is 0. The van der Waals surface area contributed by atoms with Crippen LogP contribution in [0.25, 0.3) is 11.1 Å². The molecule has 2 aliphatic rings. The molecule has 0 saturated carbocycles. The number of hydrogen-bond acceptors (Lipinski definition) is 8. The van der Waals surface area contributed by atoms with E-state index in [1.54, 1.807) is 33.9 Å². The van der Waals surface area contributed by atoms with Crippen LogP contribution in [-0.4, -0.2) is 44.8 Å². The zero-order valence-corrected chi connectivity index (χ0v) is 19.7. The summed E-state index contributed by atoms with van der Waals surface area (Å²) in [5, 5.41) is 24.4. The average Bonchev–Trinajstić information content (AvgIpc) is 3.22. The molecule has 3 N–H and O–H groups in total. The molecule has 0 bridgehead atoms. The Morgan fingerprint density at radius 3 is 2.70 bits per heavy atom. The van der Waals surface area contributed by atoms with E-state index in [2.05, 4.69) is 15.3 Å². The van der Waals surface area contributed by atoms with Crippen molar-refractivity contribution in [3.8, 4) is 16.9 Å². The minimum Gasteiger partial charge on any atom is -0.490 e. The first kappa shape index (κ1) is 21.8. The summed E-state index contributed by atoms with van der Waals surface area (Å²) < 4.78 is 5.87. The number of aliphatic hydroxyl groups excluding tert-OH is 1. The Kier molecular flexibility index (Phi) is 4.97. The van der Waals surface area contributed by atoms with Crippen LogP contribution in [0.3, 0.4) is 0 Å². The molecule has 9 heteroatoms. The highest BCUT2D eigenvalue weighted by atomic mass is 32.1. The molecule has 0 saturated heterocycles. The number of carbonyl (C=O) groups excluding carboxylic acids is 1. The molecule has 1 aromatic carbocycles. The molecule has 3 aromatic rings. The highest BCUT2D eigenvalue weighted by Gasteiger charge is 2.42. The topological polar surface area (TPSA) is 108 Å². The number of ether oxygens (including phenoxy) is 1. The maximum atomic E-state index is 12.6. The van der Waals surface area contributed by atoms with Crippen molar-refractivity contribution >= 4 is 28.1 Å². The Hall–Kier alpha value is -3.01. The Morgan fingerprint density at radius 1 is 1.24 bits per heavy atom. The molecule has 0 radical (unpaired) electrons. The number of aliphatic hydroxyl groups is 2. The van der Waals surface area contributed by atoms with Crippen molar-refractivity contribution < 1.29 is 19.7 Å². The minimum atomic E-state index is -1.01. The molecule has 0 aliphatic carbocycles. The first-order chi connectivity index (χ1) is 15.5. The Balaban J connectivity index is 1.53. The second-order valence-electron chi connectivity index (χ2n) is 9.46. The van der Waals surface area contributed by atoms with Crippen LogP contribution in [0.4, 0.5) is 10.8 Å². The van der Waals surface area contributed by atoms with Crippen molar-refractivity contribution in [1.82, 2.24) is 15.3 Å². The van der Waals surface area contributed by atoms with E-state index in [1.165, 1.54) is 11.3 Å². The number of anilines is 2. The van der Waals surface area contributed by atoms with E-state index < -0.39 is 17.2 Å². The number of rotatable bonds is 3. The van der Waals surface area contributed by atoms with Gasteiger partial charge in [0.15, 0.2) is 5.13 Å². The average molecular weight is 467 g/mol. The summed E-state index contributed by atoms with van der Waals surface area (Å²) in [5.74, 6) is 0.508. The van der Waals surface area contributed by atoms with E-state index in [-0.39, 0.29) is 5.91 Å². The third-order valence-electron chi connectivity index (χ3n) is 6.00. The van der Waals surface area contributed by atoms with E-state index in [0.717, 1.165) is 22.6 Å². The van der Waals surface area contributed by atoms with Crippen LogP contribution < -0.4 is 15.0 Å². The van der Waals surface area contributed by atoms with Crippen molar-refractivity contribution in [1.29, 1.82) is 0 Å². The molecular formula is C24H26N4O4S. The quantitative estimate of drug-likeness (QED) is 0.542. The molecule has 1 atom stereocenters. The fourth-order valence-corrected chi connectivity index (χ4v) is 5.10. The van der Waals surface area contributed by atoms with Gasteiger partial charge in [0.05, 0.1) is 29.2 Å². The lowest BCUT2D eigenvalue weighted by molar-refractivity contribution is 0.0533. The Bertz CT molecular complexity index is 1230. The Morgan fingerprint density at radius 2 is 2.00 bits per heavy atom. The fourth-order valence-electron chi connectivity index (χ4n) is 4.07. The third-order valence-corrected chi connectivity index (χ3v) is 7.10. The minimum absolute atomic E-state index is 0.218. The number of pyridine rings is 1. The second-order valence-corrected chi connectivity index (χ2v) is 10.4. The van der Waals surface area contributed by atoms with Crippen molar-refractivity contribution in [3.05, 3.63) is 52.8 Å². The van der Waals surface area contributed by atoms with Crippen LogP contribution in [0.15, 0.2) is 36.5 Å².